The van der Waals surface area contributed by atoms with Crippen LogP contribution >= 0.6 is 0 Å². The Morgan fingerprint density at radius 1 is 1.28 bits per heavy atom. The number of rotatable bonds is 7. The molecular formula is C18H22N2O5. The topological polar surface area (TPSA) is 88.9 Å². The summed E-state index contributed by atoms with van der Waals surface area (Å²) in [5.41, 5.74) is 0.875. The van der Waals surface area contributed by atoms with Gasteiger partial charge in [-0.2, -0.15) is 0 Å². The van der Waals surface area contributed by atoms with Gasteiger partial charge >= 0.3 is 5.97 Å². The summed E-state index contributed by atoms with van der Waals surface area (Å²) >= 11 is 0. The third-order valence-electron chi connectivity index (χ3n) is 3.89. The lowest BCUT2D eigenvalue weighted by Crippen LogP contribution is -2.42. The van der Waals surface area contributed by atoms with Gasteiger partial charge in [-0.3, -0.25) is 19.3 Å². The van der Waals surface area contributed by atoms with E-state index in [1.807, 2.05) is 0 Å². The number of carbonyl (C=O) groups excluding carboxylic acids is 3. The van der Waals surface area contributed by atoms with Crippen molar-refractivity contribution in [3.8, 4) is 0 Å². The molecule has 1 amide bonds. The van der Waals surface area contributed by atoms with E-state index in [0.29, 0.717) is 16.7 Å². The van der Waals surface area contributed by atoms with Gasteiger partial charge < -0.3 is 14.5 Å². The van der Waals surface area contributed by atoms with E-state index in [4.69, 9.17) is 9.15 Å². The Morgan fingerprint density at radius 3 is 2.60 bits per heavy atom. The number of amides is 1. The van der Waals surface area contributed by atoms with Crippen LogP contribution in [0.15, 0.2) is 28.7 Å². The molecule has 7 heteroatoms. The van der Waals surface area contributed by atoms with Gasteiger partial charge in [0.15, 0.2) is 11.5 Å². The molecule has 0 radical (unpaired) electrons. The Labute approximate surface area is 145 Å². The Morgan fingerprint density at radius 2 is 1.96 bits per heavy atom. The first kappa shape index (κ1) is 18.7. The zero-order valence-electron chi connectivity index (χ0n) is 14.8. The Hall–Kier alpha value is -2.67. The van der Waals surface area contributed by atoms with Gasteiger partial charge in [-0.1, -0.05) is 12.1 Å². The first-order valence-corrected chi connectivity index (χ1v) is 8.04. The summed E-state index contributed by atoms with van der Waals surface area (Å²) < 4.78 is 10.4. The quantitative estimate of drug-likeness (QED) is 0.612. The number of carbonyl (C=O) groups is 3. The fraction of sp³-hybridized carbons (Fsp3) is 0.389. The Bertz CT molecular complexity index is 796. The number of nitrogens with one attached hydrogen (secondary N) is 1. The van der Waals surface area contributed by atoms with Gasteiger partial charge in [0.1, 0.15) is 5.58 Å². The second-order valence-electron chi connectivity index (χ2n) is 5.74. The smallest absolute Gasteiger partial charge is 0.320 e. The van der Waals surface area contributed by atoms with Crippen LogP contribution in [0.3, 0.4) is 0 Å². The average Bonchev–Trinajstić information content (AvgIpc) is 2.93. The largest absolute Gasteiger partial charge is 0.465 e. The van der Waals surface area contributed by atoms with Crippen molar-refractivity contribution in [3.63, 3.8) is 0 Å². The van der Waals surface area contributed by atoms with Crippen LogP contribution in [0.5, 0.6) is 0 Å². The maximum absolute atomic E-state index is 12.6. The molecule has 7 nitrogen and oxygen atoms in total. The zero-order chi connectivity index (χ0) is 18.6. The number of Topliss-reactive ketones (excluding diaryl/α,β-unsaturated/α-hetero) is 1. The lowest BCUT2D eigenvalue weighted by atomic mass is 10.2. The van der Waals surface area contributed by atoms with Crippen molar-refractivity contribution in [3.05, 3.63) is 30.0 Å². The summed E-state index contributed by atoms with van der Waals surface area (Å²) in [4.78, 5) is 37.5. The van der Waals surface area contributed by atoms with Gasteiger partial charge in [-0.25, -0.2) is 0 Å². The first-order chi connectivity index (χ1) is 11.8. The molecule has 134 valence electrons. The number of likely N-dealkylation sites (N-methyl/N-ethyl adjacent to an activating group) is 1. The molecule has 0 aliphatic carbocycles. The van der Waals surface area contributed by atoms with Gasteiger partial charge in [0.25, 0.3) is 0 Å². The summed E-state index contributed by atoms with van der Waals surface area (Å²) in [5.74, 6) is -0.919. The van der Waals surface area contributed by atoms with Gasteiger partial charge in [0.05, 0.1) is 24.9 Å². The lowest BCUT2D eigenvalue weighted by Gasteiger charge is -2.22. The molecule has 2 rings (SSSR count). The highest BCUT2D eigenvalue weighted by molar-refractivity contribution is 6.11. The van der Waals surface area contributed by atoms with Crippen molar-refractivity contribution in [2.75, 3.05) is 25.5 Å². The molecule has 0 saturated carbocycles. The van der Waals surface area contributed by atoms with Crippen LogP contribution in [0.1, 0.15) is 31.3 Å². The Balaban J connectivity index is 2.19. The second kappa shape index (κ2) is 7.94. The fourth-order valence-electron chi connectivity index (χ4n) is 2.39. The van der Waals surface area contributed by atoms with Crippen molar-refractivity contribution in [1.29, 1.82) is 0 Å². The van der Waals surface area contributed by atoms with E-state index in [1.54, 1.807) is 50.1 Å². The number of fused-ring (bicyclic) bond motifs is 1. The molecule has 25 heavy (non-hydrogen) atoms. The molecule has 0 aliphatic heterocycles. The number of hydrogen-bond donors (Lipinski definition) is 1. The molecule has 1 atom stereocenters. The monoisotopic (exact) mass is 346 g/mol. The fourth-order valence-corrected chi connectivity index (χ4v) is 2.39. The summed E-state index contributed by atoms with van der Waals surface area (Å²) in [5, 5.41) is 3.41. The molecule has 0 bridgehead atoms. The number of esters is 1. The predicted molar refractivity (Wildman–Crippen MR) is 93.6 cm³/mol. The highest BCUT2D eigenvalue weighted by Gasteiger charge is 2.25. The first-order valence-electron chi connectivity index (χ1n) is 8.04. The van der Waals surface area contributed by atoms with Crippen LogP contribution < -0.4 is 5.32 Å². The van der Waals surface area contributed by atoms with Gasteiger partial charge in [-0.05, 0) is 33.0 Å². The zero-order valence-corrected chi connectivity index (χ0v) is 14.8. The molecule has 1 heterocycles. The van der Waals surface area contributed by atoms with E-state index in [-0.39, 0.29) is 30.6 Å². The second-order valence-corrected chi connectivity index (χ2v) is 5.74. The van der Waals surface area contributed by atoms with Crippen molar-refractivity contribution in [2.45, 2.75) is 26.8 Å². The van der Waals surface area contributed by atoms with Crippen LogP contribution in [0.4, 0.5) is 5.69 Å². The molecule has 0 saturated heterocycles. The summed E-state index contributed by atoms with van der Waals surface area (Å²) in [6.07, 6.45) is 0. The van der Waals surface area contributed by atoms with Crippen molar-refractivity contribution >= 4 is 34.3 Å². The number of furan rings is 1. The van der Waals surface area contributed by atoms with Crippen LogP contribution in [0.25, 0.3) is 11.0 Å². The highest BCUT2D eigenvalue weighted by Crippen LogP contribution is 2.31. The molecule has 2 aromatic rings. The normalized spacial score (nSPS) is 12.2. The number of ether oxygens (including phenoxy) is 1. The SMILES string of the molecule is CCOC(=O)CN(C)C(C)C(=O)Nc1c(C(C)=O)oc2ccccc12. The van der Waals surface area contributed by atoms with E-state index in [0.717, 1.165) is 0 Å². The molecule has 1 aromatic heterocycles. The van der Waals surface area contributed by atoms with Crippen LogP contribution in [0.2, 0.25) is 0 Å². The number of ketones is 1. The predicted octanol–water partition coefficient (Wildman–Crippen LogP) is 2.46. The molecule has 0 spiro atoms. The van der Waals surface area contributed by atoms with Gasteiger partial charge in [0, 0.05) is 12.3 Å². The van der Waals surface area contributed by atoms with Gasteiger partial charge in [-0.15, -0.1) is 0 Å². The molecule has 1 N–H and O–H groups in total. The molecule has 0 aliphatic rings. The van der Waals surface area contributed by atoms with E-state index < -0.39 is 12.0 Å². The minimum absolute atomic E-state index is 0.00583. The maximum atomic E-state index is 12.6. The molecular weight excluding hydrogens is 324 g/mol. The van der Waals surface area contributed by atoms with E-state index in [9.17, 15) is 14.4 Å². The van der Waals surface area contributed by atoms with Crippen molar-refractivity contribution in [1.82, 2.24) is 4.90 Å². The van der Waals surface area contributed by atoms with E-state index >= 15 is 0 Å². The minimum atomic E-state index is -0.599. The Kier molecular flexibility index (Phi) is 5.93. The highest BCUT2D eigenvalue weighted by atomic mass is 16.5. The van der Waals surface area contributed by atoms with Crippen molar-refractivity contribution < 1.29 is 23.5 Å². The average molecular weight is 346 g/mol. The van der Waals surface area contributed by atoms with E-state index in [2.05, 4.69) is 5.32 Å². The van der Waals surface area contributed by atoms with E-state index in [1.165, 1.54) is 6.92 Å². The standard InChI is InChI=1S/C18H22N2O5/c1-5-24-15(22)10-20(4)11(2)18(23)19-16-13-8-6-7-9-14(13)25-17(16)12(3)21/h6-9,11H,5,10H2,1-4H3,(H,19,23). The summed E-state index contributed by atoms with van der Waals surface area (Å²) in [6, 6.07) is 6.49. The number of para-hydroxylation sites is 1. The summed E-state index contributed by atoms with van der Waals surface area (Å²) in [6.45, 7) is 5.06. The summed E-state index contributed by atoms with van der Waals surface area (Å²) in [7, 11) is 1.65. The molecule has 1 aromatic carbocycles. The van der Waals surface area contributed by atoms with Crippen LogP contribution in [-0.2, 0) is 14.3 Å². The number of anilines is 1. The molecule has 0 fully saturated rings. The number of benzene rings is 1. The van der Waals surface area contributed by atoms with Crippen LogP contribution in [0, 0.1) is 0 Å². The molecule has 1 unspecified atom stereocenters. The van der Waals surface area contributed by atoms with Crippen LogP contribution in [-0.4, -0.2) is 48.8 Å². The number of nitrogens with zero attached hydrogens (tertiary/aromatic N) is 1. The maximum Gasteiger partial charge on any atom is 0.320 e. The van der Waals surface area contributed by atoms with Gasteiger partial charge in [0.2, 0.25) is 5.91 Å². The van der Waals surface area contributed by atoms with Crippen molar-refractivity contribution in [2.24, 2.45) is 0 Å². The number of hydrogen-bond acceptors (Lipinski definition) is 6. The third-order valence-corrected chi connectivity index (χ3v) is 3.89. The minimum Gasteiger partial charge on any atom is -0.465 e. The third kappa shape index (κ3) is 4.24. The lowest BCUT2D eigenvalue weighted by molar-refractivity contribution is -0.144.